The molecule has 182 valence electrons. The number of hydrogen-bond acceptors (Lipinski definition) is 6. The van der Waals surface area contributed by atoms with Gasteiger partial charge in [0.05, 0.1) is 17.7 Å². The van der Waals surface area contributed by atoms with Crippen molar-refractivity contribution >= 4 is 23.7 Å². The number of hydrogen-bond donors (Lipinski definition) is 1. The average Bonchev–Trinajstić information content (AvgIpc) is 3.63. The minimum atomic E-state index is -0.658. The Hall–Kier alpha value is -4.27. The number of rotatable bonds is 4. The van der Waals surface area contributed by atoms with Gasteiger partial charge in [0.25, 0.3) is 11.8 Å². The summed E-state index contributed by atoms with van der Waals surface area (Å²) in [5.41, 5.74) is 7.12. The number of primary amides is 1. The number of Topliss-reactive ketones (excluding diaryl/α,β-unsaturated/α-hetero) is 1. The minimum absolute atomic E-state index is 0.0717. The Kier molecular flexibility index (Phi) is 5.40. The number of carbonyl (C=O) groups is 3. The summed E-state index contributed by atoms with van der Waals surface area (Å²) in [6, 6.07) is 11.7. The zero-order valence-corrected chi connectivity index (χ0v) is 19.6. The van der Waals surface area contributed by atoms with E-state index in [1.165, 1.54) is 18.9 Å². The highest BCUT2D eigenvalue weighted by molar-refractivity contribution is 6.16. The van der Waals surface area contributed by atoms with Crippen molar-refractivity contribution in [2.24, 2.45) is 5.73 Å². The number of para-hydroxylation sites is 1. The van der Waals surface area contributed by atoms with E-state index in [1.807, 2.05) is 0 Å². The van der Waals surface area contributed by atoms with Gasteiger partial charge in [-0.2, -0.15) is 0 Å². The molecule has 0 bridgehead atoms. The predicted octanol–water partition coefficient (Wildman–Crippen LogP) is 3.31. The standard InChI is InChI=1S/C27H25N5O4/c28-25(34)20-7-3-6-19-23(33)21(36-24(19)20)14-16-8-10-18(11-9-16)27(35)31-12-13-32-22(15-31)29-30-26(32)17-4-1-2-5-17/h3,6-11,14,17H,1-2,4-5,12-13,15H2,(H2,28,34)/b21-14-. The van der Waals surface area contributed by atoms with Gasteiger partial charge in [0.2, 0.25) is 5.78 Å². The second-order valence-electron chi connectivity index (χ2n) is 9.44. The fourth-order valence-corrected chi connectivity index (χ4v) is 5.30. The van der Waals surface area contributed by atoms with Crippen molar-refractivity contribution in [1.82, 2.24) is 19.7 Å². The summed E-state index contributed by atoms with van der Waals surface area (Å²) in [6.07, 6.45) is 6.41. The third kappa shape index (κ3) is 3.77. The lowest BCUT2D eigenvalue weighted by Gasteiger charge is -2.28. The Labute approximate surface area is 207 Å². The van der Waals surface area contributed by atoms with Crippen LogP contribution in [0.5, 0.6) is 5.75 Å². The molecule has 3 heterocycles. The molecule has 0 spiro atoms. The highest BCUT2D eigenvalue weighted by Crippen LogP contribution is 2.35. The number of allylic oxidation sites excluding steroid dienone is 1. The molecule has 2 N–H and O–H groups in total. The number of nitrogens with zero attached hydrogens (tertiary/aromatic N) is 4. The zero-order chi connectivity index (χ0) is 24.8. The summed E-state index contributed by atoms with van der Waals surface area (Å²) in [6.45, 7) is 1.75. The van der Waals surface area contributed by atoms with Crippen molar-refractivity contribution in [2.45, 2.75) is 44.7 Å². The Balaban J connectivity index is 1.16. The van der Waals surface area contributed by atoms with Crippen molar-refractivity contribution in [3.8, 4) is 5.75 Å². The maximum Gasteiger partial charge on any atom is 0.254 e. The summed E-state index contributed by atoms with van der Waals surface area (Å²) in [5, 5.41) is 8.82. The Morgan fingerprint density at radius 3 is 2.56 bits per heavy atom. The van der Waals surface area contributed by atoms with Gasteiger partial charge in [-0.25, -0.2) is 0 Å². The maximum absolute atomic E-state index is 13.2. The number of benzene rings is 2. The topological polar surface area (TPSA) is 120 Å². The van der Waals surface area contributed by atoms with Gasteiger partial charge in [0, 0.05) is 24.6 Å². The number of fused-ring (bicyclic) bond motifs is 2. The lowest BCUT2D eigenvalue weighted by atomic mass is 10.0. The van der Waals surface area contributed by atoms with E-state index in [0.29, 0.717) is 42.2 Å². The molecule has 1 fully saturated rings. The number of ether oxygens (including phenoxy) is 1. The smallest absolute Gasteiger partial charge is 0.254 e. The lowest BCUT2D eigenvalue weighted by Crippen LogP contribution is -2.38. The van der Waals surface area contributed by atoms with Gasteiger partial charge in [-0.1, -0.05) is 31.0 Å². The first-order valence-corrected chi connectivity index (χ1v) is 12.2. The molecule has 0 saturated heterocycles. The Morgan fingerprint density at radius 2 is 1.81 bits per heavy atom. The third-order valence-corrected chi connectivity index (χ3v) is 7.21. The van der Waals surface area contributed by atoms with Crippen LogP contribution >= 0.6 is 0 Å². The zero-order valence-electron chi connectivity index (χ0n) is 19.6. The van der Waals surface area contributed by atoms with Gasteiger partial charge in [-0.15, -0.1) is 10.2 Å². The van der Waals surface area contributed by atoms with Crippen LogP contribution in [0.15, 0.2) is 48.2 Å². The van der Waals surface area contributed by atoms with Gasteiger partial charge >= 0.3 is 0 Å². The van der Waals surface area contributed by atoms with Crippen molar-refractivity contribution in [1.29, 1.82) is 0 Å². The second-order valence-corrected chi connectivity index (χ2v) is 9.44. The molecule has 1 aromatic heterocycles. The van der Waals surface area contributed by atoms with Gasteiger partial charge in [0.1, 0.15) is 5.82 Å². The van der Waals surface area contributed by atoms with Crippen LogP contribution in [0.1, 0.15) is 79.9 Å². The second kappa shape index (κ2) is 8.75. The molecule has 0 unspecified atom stereocenters. The molecule has 0 atom stereocenters. The van der Waals surface area contributed by atoms with E-state index in [-0.39, 0.29) is 28.8 Å². The van der Waals surface area contributed by atoms with Crippen molar-refractivity contribution < 1.29 is 19.1 Å². The van der Waals surface area contributed by atoms with Gasteiger partial charge < -0.3 is 19.9 Å². The molecule has 0 radical (unpaired) electrons. The first-order chi connectivity index (χ1) is 17.5. The summed E-state index contributed by atoms with van der Waals surface area (Å²) < 4.78 is 7.87. The number of aromatic nitrogens is 3. The largest absolute Gasteiger partial charge is 0.452 e. The van der Waals surface area contributed by atoms with Gasteiger partial charge in [-0.3, -0.25) is 14.4 Å². The minimum Gasteiger partial charge on any atom is -0.452 e. The Bertz CT molecular complexity index is 1420. The average molecular weight is 484 g/mol. The van der Waals surface area contributed by atoms with E-state index in [0.717, 1.165) is 24.5 Å². The summed E-state index contributed by atoms with van der Waals surface area (Å²) in [5.74, 6) is 1.63. The van der Waals surface area contributed by atoms with E-state index in [4.69, 9.17) is 10.5 Å². The molecule has 3 aliphatic rings. The highest BCUT2D eigenvalue weighted by Gasteiger charge is 2.31. The van der Waals surface area contributed by atoms with Crippen LogP contribution in [0.4, 0.5) is 0 Å². The molecular weight excluding hydrogens is 458 g/mol. The van der Waals surface area contributed by atoms with E-state index >= 15 is 0 Å². The Morgan fingerprint density at radius 1 is 1.03 bits per heavy atom. The van der Waals surface area contributed by atoms with Crippen LogP contribution in [0, 0.1) is 0 Å². The molecule has 1 aliphatic carbocycles. The molecule has 36 heavy (non-hydrogen) atoms. The van der Waals surface area contributed by atoms with Crippen molar-refractivity contribution in [3.63, 3.8) is 0 Å². The fraction of sp³-hybridized carbons (Fsp3) is 0.296. The molecule has 9 nitrogen and oxygen atoms in total. The van der Waals surface area contributed by atoms with Crippen LogP contribution in [0.3, 0.4) is 0 Å². The molecule has 6 rings (SSSR count). The summed E-state index contributed by atoms with van der Waals surface area (Å²) in [4.78, 5) is 39.3. The summed E-state index contributed by atoms with van der Waals surface area (Å²) in [7, 11) is 0. The third-order valence-electron chi connectivity index (χ3n) is 7.21. The predicted molar refractivity (Wildman–Crippen MR) is 130 cm³/mol. The monoisotopic (exact) mass is 483 g/mol. The van der Waals surface area contributed by atoms with Crippen LogP contribution < -0.4 is 10.5 Å². The van der Waals surface area contributed by atoms with Crippen LogP contribution in [0.2, 0.25) is 0 Å². The van der Waals surface area contributed by atoms with Crippen molar-refractivity contribution in [2.75, 3.05) is 6.54 Å². The molecule has 2 amide bonds. The van der Waals surface area contributed by atoms with E-state index in [1.54, 1.807) is 47.4 Å². The molecule has 2 aromatic carbocycles. The first kappa shape index (κ1) is 22.2. The number of nitrogens with two attached hydrogens (primary N) is 1. The van der Waals surface area contributed by atoms with Crippen LogP contribution in [0.25, 0.3) is 6.08 Å². The number of amides is 2. The van der Waals surface area contributed by atoms with E-state index in [2.05, 4.69) is 14.8 Å². The SMILES string of the molecule is NC(=O)c1cccc2c1O/C(=C\c1ccc(C(=O)N3CCn4c(nnc4C4CCCC4)C3)cc1)C2=O. The molecule has 1 saturated carbocycles. The maximum atomic E-state index is 13.2. The molecule has 3 aromatic rings. The first-order valence-electron chi connectivity index (χ1n) is 12.2. The number of carbonyl (C=O) groups excluding carboxylic acids is 3. The van der Waals surface area contributed by atoms with E-state index < -0.39 is 5.91 Å². The van der Waals surface area contributed by atoms with Crippen molar-refractivity contribution in [3.05, 3.63) is 82.1 Å². The van der Waals surface area contributed by atoms with E-state index in [9.17, 15) is 14.4 Å². The molecular formula is C27H25N5O4. The molecule has 2 aliphatic heterocycles. The lowest BCUT2D eigenvalue weighted by molar-refractivity contribution is 0.0705. The summed E-state index contributed by atoms with van der Waals surface area (Å²) >= 11 is 0. The van der Waals surface area contributed by atoms with Crippen LogP contribution in [-0.2, 0) is 13.1 Å². The van der Waals surface area contributed by atoms with Gasteiger partial charge in [0.15, 0.2) is 17.3 Å². The normalized spacial score (nSPS) is 18.3. The quantitative estimate of drug-likeness (QED) is 0.569. The number of ketones is 1. The highest BCUT2D eigenvalue weighted by atomic mass is 16.5. The molecule has 9 heteroatoms. The van der Waals surface area contributed by atoms with Gasteiger partial charge in [-0.05, 0) is 48.7 Å². The fourth-order valence-electron chi connectivity index (χ4n) is 5.30. The van der Waals surface area contributed by atoms with Crippen LogP contribution in [-0.4, -0.2) is 43.8 Å².